The first-order chi connectivity index (χ1) is 8.52. The summed E-state index contributed by atoms with van der Waals surface area (Å²) in [5.41, 5.74) is 0.366. The van der Waals surface area contributed by atoms with E-state index in [4.69, 9.17) is 0 Å². The second-order valence-corrected chi connectivity index (χ2v) is 3.94. The Labute approximate surface area is 102 Å². The van der Waals surface area contributed by atoms with Crippen LogP contribution in [-0.4, -0.2) is 6.29 Å². The summed E-state index contributed by atoms with van der Waals surface area (Å²) >= 11 is 0. The van der Waals surface area contributed by atoms with Gasteiger partial charge in [-0.05, 0) is 24.6 Å². The van der Waals surface area contributed by atoms with Gasteiger partial charge in [-0.3, -0.25) is 4.79 Å². The summed E-state index contributed by atoms with van der Waals surface area (Å²) < 4.78 is 40.4. The number of halogens is 3. The second kappa shape index (κ2) is 4.64. The fourth-order valence-corrected chi connectivity index (χ4v) is 1.69. The third kappa shape index (κ3) is 2.14. The Hall–Kier alpha value is -2.10. The number of hydrogen-bond donors (Lipinski definition) is 0. The largest absolute Gasteiger partial charge is 0.298 e. The molecular formula is C14H9F3O. The van der Waals surface area contributed by atoms with Gasteiger partial charge >= 0.3 is 0 Å². The first-order valence-corrected chi connectivity index (χ1v) is 5.23. The summed E-state index contributed by atoms with van der Waals surface area (Å²) in [5.74, 6) is -2.23. The lowest BCUT2D eigenvalue weighted by molar-refractivity contribution is 0.112. The molecule has 0 spiro atoms. The van der Waals surface area contributed by atoms with Crippen LogP contribution in [0.15, 0.2) is 30.3 Å². The summed E-state index contributed by atoms with van der Waals surface area (Å²) in [4.78, 5) is 10.5. The van der Waals surface area contributed by atoms with E-state index in [2.05, 4.69) is 0 Å². The minimum absolute atomic E-state index is 0.00111. The highest BCUT2D eigenvalue weighted by molar-refractivity contribution is 5.77. The average Bonchev–Trinajstić information content (AvgIpc) is 2.34. The molecule has 0 bridgehead atoms. The van der Waals surface area contributed by atoms with Gasteiger partial charge in [-0.15, -0.1) is 0 Å². The van der Waals surface area contributed by atoms with Crippen LogP contribution in [0, 0.1) is 24.4 Å². The SMILES string of the molecule is Cc1cc(-c2ccc(C=O)cc2F)c(F)cc1F. The number of hydrogen-bond acceptors (Lipinski definition) is 1. The predicted molar refractivity (Wildman–Crippen MR) is 61.9 cm³/mol. The Kier molecular flexibility index (Phi) is 3.19. The highest BCUT2D eigenvalue weighted by atomic mass is 19.1. The molecule has 0 saturated carbocycles. The molecule has 0 heterocycles. The number of rotatable bonds is 2. The fourth-order valence-electron chi connectivity index (χ4n) is 1.69. The first kappa shape index (κ1) is 12.4. The molecule has 2 aromatic carbocycles. The van der Waals surface area contributed by atoms with Gasteiger partial charge < -0.3 is 0 Å². The van der Waals surface area contributed by atoms with Gasteiger partial charge in [0.15, 0.2) is 0 Å². The molecule has 0 saturated heterocycles. The Bertz CT molecular complexity index is 621. The van der Waals surface area contributed by atoms with Gasteiger partial charge in [-0.1, -0.05) is 12.1 Å². The molecule has 18 heavy (non-hydrogen) atoms. The molecule has 0 N–H and O–H groups in total. The zero-order chi connectivity index (χ0) is 13.3. The van der Waals surface area contributed by atoms with Crippen LogP contribution in [0.1, 0.15) is 15.9 Å². The third-order valence-electron chi connectivity index (χ3n) is 2.67. The van der Waals surface area contributed by atoms with E-state index in [1.807, 2.05) is 0 Å². The topological polar surface area (TPSA) is 17.1 Å². The van der Waals surface area contributed by atoms with E-state index in [9.17, 15) is 18.0 Å². The number of carbonyl (C=O) groups excluding carboxylic acids is 1. The van der Waals surface area contributed by atoms with Crippen molar-refractivity contribution < 1.29 is 18.0 Å². The summed E-state index contributed by atoms with van der Waals surface area (Å²) in [6, 6.07) is 5.65. The zero-order valence-corrected chi connectivity index (χ0v) is 9.51. The molecule has 0 unspecified atom stereocenters. The molecule has 0 aliphatic rings. The second-order valence-electron chi connectivity index (χ2n) is 3.94. The van der Waals surface area contributed by atoms with E-state index in [0.29, 0.717) is 6.29 Å². The predicted octanol–water partition coefficient (Wildman–Crippen LogP) is 3.89. The van der Waals surface area contributed by atoms with E-state index in [0.717, 1.165) is 12.1 Å². The minimum Gasteiger partial charge on any atom is -0.298 e. The van der Waals surface area contributed by atoms with Crippen molar-refractivity contribution >= 4 is 6.29 Å². The van der Waals surface area contributed by atoms with Crippen molar-refractivity contribution in [1.29, 1.82) is 0 Å². The van der Waals surface area contributed by atoms with Gasteiger partial charge in [0.2, 0.25) is 0 Å². The number of aryl methyl sites for hydroxylation is 1. The number of aldehydes is 1. The van der Waals surface area contributed by atoms with Gasteiger partial charge in [-0.2, -0.15) is 0 Å². The number of carbonyl (C=O) groups is 1. The van der Waals surface area contributed by atoms with Crippen LogP contribution in [0.5, 0.6) is 0 Å². The van der Waals surface area contributed by atoms with Gasteiger partial charge in [0.05, 0.1) is 0 Å². The van der Waals surface area contributed by atoms with Crippen LogP contribution < -0.4 is 0 Å². The van der Waals surface area contributed by atoms with Crippen LogP contribution >= 0.6 is 0 Å². The van der Waals surface area contributed by atoms with Crippen molar-refractivity contribution in [3.63, 3.8) is 0 Å². The van der Waals surface area contributed by atoms with Crippen LogP contribution in [0.3, 0.4) is 0 Å². The van der Waals surface area contributed by atoms with E-state index >= 15 is 0 Å². The zero-order valence-electron chi connectivity index (χ0n) is 9.51. The summed E-state index contributed by atoms with van der Waals surface area (Å²) in [6.07, 6.45) is 0.499. The maximum atomic E-state index is 13.7. The van der Waals surface area contributed by atoms with E-state index in [-0.39, 0.29) is 22.3 Å². The quantitative estimate of drug-likeness (QED) is 0.739. The summed E-state index contributed by atoms with van der Waals surface area (Å²) in [7, 11) is 0. The van der Waals surface area contributed by atoms with Gasteiger partial charge in [0, 0.05) is 22.8 Å². The van der Waals surface area contributed by atoms with Crippen molar-refractivity contribution in [2.75, 3.05) is 0 Å². The maximum absolute atomic E-state index is 13.7. The molecule has 0 aromatic heterocycles. The normalized spacial score (nSPS) is 10.4. The van der Waals surface area contributed by atoms with Crippen LogP contribution in [0.25, 0.3) is 11.1 Å². The molecule has 0 aliphatic carbocycles. The number of benzene rings is 2. The molecule has 0 fully saturated rings. The molecule has 2 rings (SSSR count). The van der Waals surface area contributed by atoms with E-state index < -0.39 is 17.5 Å². The van der Waals surface area contributed by atoms with Crippen LogP contribution in [0.2, 0.25) is 0 Å². The lowest BCUT2D eigenvalue weighted by atomic mass is 10.0. The van der Waals surface area contributed by atoms with E-state index in [1.165, 1.54) is 25.1 Å². The lowest BCUT2D eigenvalue weighted by Crippen LogP contribution is -1.94. The molecular weight excluding hydrogens is 241 g/mol. The standard InChI is InChI=1S/C14H9F3O/c1-8-4-11(14(17)6-12(8)15)10-3-2-9(7-18)5-13(10)16/h2-7H,1H3. The summed E-state index contributed by atoms with van der Waals surface area (Å²) in [5, 5.41) is 0. The highest BCUT2D eigenvalue weighted by Crippen LogP contribution is 2.28. The fraction of sp³-hybridized carbons (Fsp3) is 0.0714. The Morgan fingerprint density at radius 2 is 1.56 bits per heavy atom. The molecule has 0 atom stereocenters. The smallest absolute Gasteiger partial charge is 0.150 e. The maximum Gasteiger partial charge on any atom is 0.150 e. The molecule has 0 aliphatic heterocycles. The molecule has 0 amide bonds. The molecule has 2 aromatic rings. The minimum atomic E-state index is -0.837. The Balaban J connectivity index is 2.62. The molecule has 1 nitrogen and oxygen atoms in total. The third-order valence-corrected chi connectivity index (χ3v) is 2.67. The Morgan fingerprint density at radius 1 is 0.889 bits per heavy atom. The van der Waals surface area contributed by atoms with Gasteiger partial charge in [0.1, 0.15) is 23.7 Å². The van der Waals surface area contributed by atoms with E-state index in [1.54, 1.807) is 0 Å². The monoisotopic (exact) mass is 250 g/mol. The highest BCUT2D eigenvalue weighted by Gasteiger charge is 2.13. The van der Waals surface area contributed by atoms with Crippen molar-refractivity contribution in [2.24, 2.45) is 0 Å². The Morgan fingerprint density at radius 3 is 2.17 bits per heavy atom. The molecule has 0 radical (unpaired) electrons. The van der Waals surface area contributed by atoms with Crippen molar-refractivity contribution in [1.82, 2.24) is 0 Å². The van der Waals surface area contributed by atoms with Crippen molar-refractivity contribution in [3.05, 3.63) is 58.9 Å². The van der Waals surface area contributed by atoms with Crippen molar-refractivity contribution in [3.8, 4) is 11.1 Å². The summed E-state index contributed by atoms with van der Waals surface area (Å²) in [6.45, 7) is 1.47. The van der Waals surface area contributed by atoms with Crippen molar-refractivity contribution in [2.45, 2.75) is 6.92 Å². The first-order valence-electron chi connectivity index (χ1n) is 5.23. The van der Waals surface area contributed by atoms with Gasteiger partial charge in [-0.25, -0.2) is 13.2 Å². The molecule has 92 valence electrons. The molecule has 4 heteroatoms. The van der Waals surface area contributed by atoms with Crippen LogP contribution in [-0.2, 0) is 0 Å². The van der Waals surface area contributed by atoms with Crippen LogP contribution in [0.4, 0.5) is 13.2 Å². The van der Waals surface area contributed by atoms with Gasteiger partial charge in [0.25, 0.3) is 0 Å². The average molecular weight is 250 g/mol. The lowest BCUT2D eigenvalue weighted by Gasteiger charge is -2.07.